The van der Waals surface area contributed by atoms with E-state index in [4.69, 9.17) is 4.74 Å². The van der Waals surface area contributed by atoms with E-state index < -0.39 is 41.9 Å². The summed E-state index contributed by atoms with van der Waals surface area (Å²) in [6.45, 7) is 1.89. The number of H-pyrrole nitrogens is 1. The molecule has 13 heteroatoms. The largest absolute Gasteiger partial charge is 0.484 e. The molecular formula is C33H39N7O6. The number of nitrogens with one attached hydrogen (secondary N) is 5. The number of ether oxygens (including phenoxy) is 1. The maximum absolute atomic E-state index is 13.8. The summed E-state index contributed by atoms with van der Waals surface area (Å²) in [6.07, 6.45) is 5.38. The van der Waals surface area contributed by atoms with Crippen molar-refractivity contribution in [2.75, 3.05) is 19.7 Å². The van der Waals surface area contributed by atoms with E-state index in [2.05, 4.69) is 31.5 Å². The number of aromatic nitrogens is 2. The lowest BCUT2D eigenvalue weighted by molar-refractivity contribution is -0.142. The average Bonchev–Trinajstić information content (AvgIpc) is 3.76. The first-order chi connectivity index (χ1) is 22.3. The lowest BCUT2D eigenvalue weighted by Crippen LogP contribution is -2.58. The Hall–Kier alpha value is -5.20. The Kier molecular flexibility index (Phi) is 10.6. The van der Waals surface area contributed by atoms with Crippen LogP contribution in [0, 0.1) is 0 Å². The number of hydrogen-bond acceptors (Lipinski definition) is 7. The van der Waals surface area contributed by atoms with Gasteiger partial charge in [0.05, 0.1) is 6.20 Å². The maximum Gasteiger partial charge on any atom is 0.258 e. The molecule has 5 N–H and O–H groups in total. The second kappa shape index (κ2) is 15.2. The molecule has 1 fully saturated rings. The second-order valence-corrected chi connectivity index (χ2v) is 11.6. The lowest BCUT2D eigenvalue weighted by atomic mass is 10.0. The zero-order valence-corrected chi connectivity index (χ0v) is 25.7. The fraction of sp³-hybridized carbons (Fsp3) is 0.394. The topological polar surface area (TPSA) is 175 Å². The number of carbonyl (C=O) groups is 5. The van der Waals surface area contributed by atoms with Gasteiger partial charge in [0.2, 0.25) is 23.6 Å². The van der Waals surface area contributed by atoms with Gasteiger partial charge in [0.25, 0.3) is 5.91 Å². The SMILES string of the molecule is C[C@@H]1NC(=O)[C@H]2CCCN2C(=O)[C@@H](Cc2ccccc2)NC(=O)COc2ccc(cc2)C[C@@H](C(=O)NCCc2cn[nH]c2)NC1=O. The van der Waals surface area contributed by atoms with Crippen LogP contribution in [0.25, 0.3) is 0 Å². The van der Waals surface area contributed by atoms with Crippen molar-refractivity contribution in [1.29, 1.82) is 0 Å². The summed E-state index contributed by atoms with van der Waals surface area (Å²) in [7, 11) is 0. The van der Waals surface area contributed by atoms with Gasteiger partial charge < -0.3 is 30.9 Å². The summed E-state index contributed by atoms with van der Waals surface area (Å²) in [5.41, 5.74) is 2.52. The summed E-state index contributed by atoms with van der Waals surface area (Å²) in [6, 6.07) is 12.5. The van der Waals surface area contributed by atoms with Crippen LogP contribution in [0.5, 0.6) is 5.75 Å². The molecule has 4 heterocycles. The van der Waals surface area contributed by atoms with E-state index in [0.29, 0.717) is 38.1 Å². The van der Waals surface area contributed by atoms with E-state index in [0.717, 1.165) is 16.7 Å². The van der Waals surface area contributed by atoms with Gasteiger partial charge in [-0.1, -0.05) is 42.5 Å². The van der Waals surface area contributed by atoms with Crippen LogP contribution in [0.1, 0.15) is 36.5 Å². The lowest BCUT2D eigenvalue weighted by Gasteiger charge is -2.29. The number of nitrogens with zero attached hydrogens (tertiary/aromatic N) is 2. The molecule has 13 nitrogen and oxygen atoms in total. The predicted molar refractivity (Wildman–Crippen MR) is 167 cm³/mol. The third kappa shape index (κ3) is 8.49. The molecule has 3 aromatic rings. The van der Waals surface area contributed by atoms with E-state index in [1.807, 2.05) is 30.3 Å². The molecular weight excluding hydrogens is 590 g/mol. The number of benzene rings is 2. The summed E-state index contributed by atoms with van der Waals surface area (Å²) in [4.78, 5) is 68.3. The van der Waals surface area contributed by atoms with Crippen molar-refractivity contribution in [2.45, 2.75) is 63.2 Å². The normalized spacial score (nSPS) is 22.8. The van der Waals surface area contributed by atoms with Gasteiger partial charge in [0.1, 0.15) is 29.9 Å². The molecule has 6 rings (SSSR count). The molecule has 0 saturated carbocycles. The van der Waals surface area contributed by atoms with Crippen molar-refractivity contribution in [3.05, 3.63) is 83.7 Å². The number of hydrogen-bond donors (Lipinski definition) is 5. The molecule has 0 unspecified atom stereocenters. The van der Waals surface area contributed by atoms with Gasteiger partial charge in [0.15, 0.2) is 6.61 Å². The summed E-state index contributed by atoms with van der Waals surface area (Å²) in [5, 5.41) is 17.8. The standard InChI is InChI=1S/C33H39N7O6/c1-21-30(42)39-26(31(43)34-14-13-24-18-35-36-19-24)16-23-9-11-25(12-10-23)46-20-29(41)38-27(17-22-6-3-2-4-7-22)33(45)40-15-5-8-28(40)32(44)37-21/h2-4,6-7,9-12,18-19,21,26-28H,5,8,13-17,20H2,1H3,(H,34,43)(H,35,36)(H,37,44)(H,38,41)(H,39,42)/t21-,26-,27+,28+/m0/s1. The van der Waals surface area contributed by atoms with Crippen LogP contribution < -0.4 is 26.0 Å². The van der Waals surface area contributed by atoms with Crippen molar-refractivity contribution in [1.82, 2.24) is 36.4 Å². The van der Waals surface area contributed by atoms with Gasteiger partial charge in [-0.25, -0.2) is 0 Å². The minimum Gasteiger partial charge on any atom is -0.484 e. The van der Waals surface area contributed by atoms with Gasteiger partial charge in [-0.05, 0) is 55.0 Å². The fourth-order valence-electron chi connectivity index (χ4n) is 5.64. The zero-order valence-electron chi connectivity index (χ0n) is 25.7. The molecule has 1 saturated heterocycles. The smallest absolute Gasteiger partial charge is 0.258 e. The van der Waals surface area contributed by atoms with Crippen LogP contribution in [0.4, 0.5) is 0 Å². The highest BCUT2D eigenvalue weighted by Gasteiger charge is 2.38. The predicted octanol–water partition coefficient (Wildman–Crippen LogP) is 0.412. The van der Waals surface area contributed by atoms with Crippen LogP contribution in [0.15, 0.2) is 67.0 Å². The molecule has 0 radical (unpaired) electrons. The van der Waals surface area contributed by atoms with E-state index in [-0.39, 0.29) is 31.3 Å². The second-order valence-electron chi connectivity index (χ2n) is 11.6. The Labute approximate surface area is 266 Å². The van der Waals surface area contributed by atoms with E-state index in [9.17, 15) is 24.0 Å². The van der Waals surface area contributed by atoms with Crippen molar-refractivity contribution in [3.63, 3.8) is 0 Å². The minimum absolute atomic E-state index is 0.177. The number of fused-ring (bicyclic) bond motifs is 13. The molecule has 0 aliphatic carbocycles. The summed E-state index contributed by atoms with van der Waals surface area (Å²) in [5.74, 6) is -1.83. The maximum atomic E-state index is 13.8. The number of rotatable bonds is 6. The Morgan fingerprint density at radius 3 is 2.50 bits per heavy atom. The fourth-order valence-corrected chi connectivity index (χ4v) is 5.64. The monoisotopic (exact) mass is 629 g/mol. The molecule has 5 amide bonds. The average molecular weight is 630 g/mol. The molecule has 4 atom stereocenters. The Morgan fingerprint density at radius 2 is 1.76 bits per heavy atom. The Bertz CT molecular complexity index is 1510. The van der Waals surface area contributed by atoms with Crippen LogP contribution in [0.2, 0.25) is 0 Å². The van der Waals surface area contributed by atoms with E-state index >= 15 is 0 Å². The first-order valence-corrected chi connectivity index (χ1v) is 15.5. The number of carbonyl (C=O) groups excluding carboxylic acids is 5. The highest BCUT2D eigenvalue weighted by Crippen LogP contribution is 2.20. The van der Waals surface area contributed by atoms with Gasteiger partial charge in [0, 0.05) is 32.1 Å². The van der Waals surface area contributed by atoms with Crippen LogP contribution in [-0.4, -0.2) is 88.5 Å². The van der Waals surface area contributed by atoms with Crippen molar-refractivity contribution in [2.24, 2.45) is 0 Å². The van der Waals surface area contributed by atoms with Gasteiger partial charge in [-0.15, -0.1) is 0 Å². The molecule has 0 spiro atoms. The van der Waals surface area contributed by atoms with Gasteiger partial charge in [-0.3, -0.25) is 29.1 Å². The molecule has 46 heavy (non-hydrogen) atoms. The first kappa shape index (κ1) is 32.2. The quantitative estimate of drug-likeness (QED) is 0.263. The minimum atomic E-state index is -0.982. The van der Waals surface area contributed by atoms with Crippen molar-refractivity contribution < 1.29 is 28.7 Å². The zero-order chi connectivity index (χ0) is 32.5. The molecule has 3 aliphatic rings. The molecule has 242 valence electrons. The van der Waals surface area contributed by atoms with Crippen LogP contribution >= 0.6 is 0 Å². The summed E-state index contributed by atoms with van der Waals surface area (Å²) < 4.78 is 5.71. The van der Waals surface area contributed by atoms with Crippen molar-refractivity contribution in [3.8, 4) is 5.75 Å². The van der Waals surface area contributed by atoms with E-state index in [1.54, 1.807) is 36.7 Å². The first-order valence-electron chi connectivity index (χ1n) is 15.5. The van der Waals surface area contributed by atoms with Crippen molar-refractivity contribution >= 4 is 29.5 Å². The highest BCUT2D eigenvalue weighted by atomic mass is 16.5. The molecule has 1 aromatic heterocycles. The molecule has 2 bridgehead atoms. The Balaban J connectivity index is 1.35. The Morgan fingerprint density at radius 1 is 0.978 bits per heavy atom. The third-order valence-corrected chi connectivity index (χ3v) is 8.14. The summed E-state index contributed by atoms with van der Waals surface area (Å²) >= 11 is 0. The highest BCUT2D eigenvalue weighted by molar-refractivity contribution is 5.96. The third-order valence-electron chi connectivity index (χ3n) is 8.14. The van der Waals surface area contributed by atoms with Crippen LogP contribution in [-0.2, 0) is 43.2 Å². The van der Waals surface area contributed by atoms with Crippen LogP contribution in [0.3, 0.4) is 0 Å². The number of amides is 5. The van der Waals surface area contributed by atoms with Gasteiger partial charge in [-0.2, -0.15) is 5.10 Å². The number of aromatic amines is 1. The molecule has 2 aromatic carbocycles. The van der Waals surface area contributed by atoms with E-state index in [1.165, 1.54) is 11.8 Å². The molecule has 3 aliphatic heterocycles. The van der Waals surface area contributed by atoms with Gasteiger partial charge >= 0.3 is 0 Å².